The highest BCUT2D eigenvalue weighted by molar-refractivity contribution is 5.73. The van der Waals surface area contributed by atoms with Gasteiger partial charge in [0, 0.05) is 6.20 Å². The molecule has 0 aliphatic heterocycles. The molecule has 0 aliphatic rings. The predicted molar refractivity (Wildman–Crippen MR) is 48.8 cm³/mol. The summed E-state index contributed by atoms with van der Waals surface area (Å²) in [5.74, 6) is 0. The van der Waals surface area contributed by atoms with Crippen LogP contribution >= 0.6 is 0 Å². The van der Waals surface area contributed by atoms with Gasteiger partial charge in [-0.25, -0.2) is 0 Å². The lowest BCUT2D eigenvalue weighted by Crippen LogP contribution is -1.88. The predicted octanol–water partition coefficient (Wildman–Crippen LogP) is 1.47. The lowest BCUT2D eigenvalue weighted by Gasteiger charge is -1.96. The Morgan fingerprint density at radius 1 is 1.62 bits per heavy atom. The van der Waals surface area contributed by atoms with Crippen molar-refractivity contribution in [1.82, 2.24) is 4.98 Å². The van der Waals surface area contributed by atoms with Gasteiger partial charge < -0.3 is 0 Å². The molecule has 3 heteroatoms. The standard InChI is InChI=1S/C10H8N2O/c1-8-10(6-11)5-9(7-12-8)3-2-4-13/h2-5,7H,1H3/b3-2+. The van der Waals surface area contributed by atoms with Crippen LogP contribution < -0.4 is 0 Å². The number of aldehydes is 1. The van der Waals surface area contributed by atoms with Gasteiger partial charge in [-0.15, -0.1) is 0 Å². The van der Waals surface area contributed by atoms with Crippen LogP contribution in [-0.4, -0.2) is 11.3 Å². The number of nitrogens with zero attached hydrogens (tertiary/aromatic N) is 2. The molecule has 1 rings (SSSR count). The number of carbonyl (C=O) groups is 1. The van der Waals surface area contributed by atoms with Gasteiger partial charge >= 0.3 is 0 Å². The van der Waals surface area contributed by atoms with Crippen LogP contribution in [0, 0.1) is 18.3 Å². The first-order valence-electron chi connectivity index (χ1n) is 3.76. The van der Waals surface area contributed by atoms with Crippen LogP contribution in [0.3, 0.4) is 0 Å². The van der Waals surface area contributed by atoms with E-state index in [1.165, 1.54) is 6.08 Å². The van der Waals surface area contributed by atoms with Crippen molar-refractivity contribution < 1.29 is 4.79 Å². The second kappa shape index (κ2) is 4.17. The molecule has 3 nitrogen and oxygen atoms in total. The van der Waals surface area contributed by atoms with Crippen LogP contribution in [-0.2, 0) is 4.79 Å². The van der Waals surface area contributed by atoms with Crippen LogP contribution in [0.5, 0.6) is 0 Å². The molecule has 0 saturated carbocycles. The van der Waals surface area contributed by atoms with E-state index in [2.05, 4.69) is 4.98 Å². The summed E-state index contributed by atoms with van der Waals surface area (Å²) in [4.78, 5) is 14.0. The first kappa shape index (κ1) is 9.14. The molecule has 0 amide bonds. The number of aromatic nitrogens is 1. The average molecular weight is 172 g/mol. The third kappa shape index (κ3) is 2.24. The smallest absolute Gasteiger partial charge is 0.142 e. The molecule has 0 aromatic carbocycles. The number of aryl methyl sites for hydroxylation is 1. The monoisotopic (exact) mass is 172 g/mol. The first-order valence-corrected chi connectivity index (χ1v) is 3.76. The fourth-order valence-corrected chi connectivity index (χ4v) is 0.904. The van der Waals surface area contributed by atoms with E-state index in [9.17, 15) is 4.79 Å². The topological polar surface area (TPSA) is 53.8 Å². The third-order valence-corrected chi connectivity index (χ3v) is 1.60. The average Bonchev–Trinajstić information content (AvgIpc) is 2.16. The number of allylic oxidation sites excluding steroid dienone is 1. The molecule has 64 valence electrons. The lowest BCUT2D eigenvalue weighted by molar-refractivity contribution is -0.104. The van der Waals surface area contributed by atoms with Crippen molar-refractivity contribution >= 4 is 12.4 Å². The van der Waals surface area contributed by atoms with Crippen molar-refractivity contribution in [3.8, 4) is 6.07 Å². The van der Waals surface area contributed by atoms with Crippen LogP contribution in [0.4, 0.5) is 0 Å². The molecule has 0 aliphatic carbocycles. The van der Waals surface area contributed by atoms with E-state index in [-0.39, 0.29) is 0 Å². The summed E-state index contributed by atoms with van der Waals surface area (Å²) in [5.41, 5.74) is 1.99. The molecular weight excluding hydrogens is 164 g/mol. The van der Waals surface area contributed by atoms with E-state index in [0.717, 1.165) is 5.56 Å². The van der Waals surface area contributed by atoms with Crippen molar-refractivity contribution in [3.05, 3.63) is 35.2 Å². The van der Waals surface area contributed by atoms with Gasteiger partial charge in [0.2, 0.25) is 0 Å². The normalized spacial score (nSPS) is 9.85. The van der Waals surface area contributed by atoms with Crippen molar-refractivity contribution in [2.75, 3.05) is 0 Å². The Kier molecular flexibility index (Phi) is 2.93. The van der Waals surface area contributed by atoms with Gasteiger partial charge in [0.05, 0.1) is 11.3 Å². The summed E-state index contributed by atoms with van der Waals surface area (Å²) in [5, 5.41) is 8.68. The summed E-state index contributed by atoms with van der Waals surface area (Å²) >= 11 is 0. The van der Waals surface area contributed by atoms with E-state index in [1.54, 1.807) is 25.3 Å². The minimum Gasteiger partial charge on any atom is -0.299 e. The zero-order chi connectivity index (χ0) is 9.68. The number of pyridine rings is 1. The minimum absolute atomic E-state index is 0.535. The number of hydrogen-bond acceptors (Lipinski definition) is 3. The Bertz CT molecular complexity index is 388. The fourth-order valence-electron chi connectivity index (χ4n) is 0.904. The quantitative estimate of drug-likeness (QED) is 0.501. The molecule has 0 N–H and O–H groups in total. The highest BCUT2D eigenvalue weighted by atomic mass is 16.1. The third-order valence-electron chi connectivity index (χ3n) is 1.60. The van der Waals surface area contributed by atoms with Crippen molar-refractivity contribution in [3.63, 3.8) is 0 Å². The van der Waals surface area contributed by atoms with E-state index < -0.39 is 0 Å². The maximum absolute atomic E-state index is 10.0. The number of rotatable bonds is 2. The van der Waals surface area contributed by atoms with Gasteiger partial charge in [0.1, 0.15) is 12.4 Å². The summed E-state index contributed by atoms with van der Waals surface area (Å²) in [6, 6.07) is 3.72. The molecule has 0 unspecified atom stereocenters. The van der Waals surface area contributed by atoms with Crippen molar-refractivity contribution in [2.45, 2.75) is 6.92 Å². The molecular formula is C10H8N2O. The molecule has 0 radical (unpaired) electrons. The Morgan fingerprint density at radius 3 is 3.00 bits per heavy atom. The maximum Gasteiger partial charge on any atom is 0.142 e. The Balaban J connectivity index is 3.08. The van der Waals surface area contributed by atoms with Crippen molar-refractivity contribution in [2.24, 2.45) is 0 Å². The van der Waals surface area contributed by atoms with Gasteiger partial charge in [0.25, 0.3) is 0 Å². The van der Waals surface area contributed by atoms with E-state index >= 15 is 0 Å². The molecule has 13 heavy (non-hydrogen) atoms. The molecule has 0 spiro atoms. The van der Waals surface area contributed by atoms with Crippen LogP contribution in [0.1, 0.15) is 16.8 Å². The summed E-state index contributed by atoms with van der Waals surface area (Å²) in [6.45, 7) is 1.77. The minimum atomic E-state index is 0.535. The number of carbonyl (C=O) groups excluding carboxylic acids is 1. The Morgan fingerprint density at radius 2 is 2.38 bits per heavy atom. The second-order valence-electron chi connectivity index (χ2n) is 2.51. The molecule has 1 aromatic heterocycles. The van der Waals surface area contributed by atoms with E-state index in [1.807, 2.05) is 6.07 Å². The summed E-state index contributed by atoms with van der Waals surface area (Å²) in [7, 11) is 0. The largest absolute Gasteiger partial charge is 0.299 e. The van der Waals surface area contributed by atoms with Gasteiger partial charge in [-0.1, -0.05) is 6.08 Å². The second-order valence-corrected chi connectivity index (χ2v) is 2.51. The molecule has 0 fully saturated rings. The molecule has 0 bridgehead atoms. The van der Waals surface area contributed by atoms with Gasteiger partial charge in [-0.2, -0.15) is 5.26 Å². The van der Waals surface area contributed by atoms with Gasteiger partial charge in [-0.05, 0) is 24.6 Å². The first-order chi connectivity index (χ1) is 6.27. The fraction of sp³-hybridized carbons (Fsp3) is 0.100. The van der Waals surface area contributed by atoms with Crippen LogP contribution in [0.15, 0.2) is 18.3 Å². The van der Waals surface area contributed by atoms with E-state index in [0.29, 0.717) is 17.5 Å². The number of nitriles is 1. The molecule has 1 aromatic rings. The van der Waals surface area contributed by atoms with Crippen molar-refractivity contribution in [1.29, 1.82) is 5.26 Å². The highest BCUT2D eigenvalue weighted by Gasteiger charge is 1.97. The maximum atomic E-state index is 10.0. The Hall–Kier alpha value is -1.95. The van der Waals surface area contributed by atoms with Crippen LogP contribution in [0.2, 0.25) is 0 Å². The lowest BCUT2D eigenvalue weighted by atomic mass is 10.1. The number of hydrogen-bond donors (Lipinski definition) is 0. The highest BCUT2D eigenvalue weighted by Crippen LogP contribution is 2.07. The summed E-state index contributed by atoms with van der Waals surface area (Å²) < 4.78 is 0. The van der Waals surface area contributed by atoms with Gasteiger partial charge in [0.15, 0.2) is 0 Å². The Labute approximate surface area is 76.3 Å². The molecule has 0 atom stereocenters. The SMILES string of the molecule is Cc1ncc(/C=C/C=O)cc1C#N. The molecule has 1 heterocycles. The molecule has 0 saturated heterocycles. The van der Waals surface area contributed by atoms with Gasteiger partial charge in [-0.3, -0.25) is 9.78 Å². The van der Waals surface area contributed by atoms with E-state index in [4.69, 9.17) is 5.26 Å². The zero-order valence-corrected chi connectivity index (χ0v) is 7.19. The zero-order valence-electron chi connectivity index (χ0n) is 7.19. The summed E-state index contributed by atoms with van der Waals surface area (Å²) in [6.07, 6.45) is 5.29. The van der Waals surface area contributed by atoms with Crippen LogP contribution in [0.25, 0.3) is 6.08 Å².